The molecule has 5 rings (SSSR count). The van der Waals surface area contributed by atoms with Gasteiger partial charge in [-0.05, 0) is 73.0 Å². The molecule has 10 heteroatoms. The van der Waals surface area contributed by atoms with Gasteiger partial charge in [-0.2, -0.15) is 5.26 Å². The molecule has 44 heavy (non-hydrogen) atoms. The van der Waals surface area contributed by atoms with Crippen LogP contribution >= 0.6 is 23.2 Å². The largest absolute Gasteiger partial charge is 0.289 e. The van der Waals surface area contributed by atoms with E-state index < -0.39 is 9.85 Å². The number of nitriles is 1. The minimum Gasteiger partial charge on any atom is -0.289 e. The lowest BCUT2D eigenvalue weighted by molar-refractivity contribution is -0.385. The van der Waals surface area contributed by atoms with E-state index in [2.05, 4.69) is 0 Å². The van der Waals surface area contributed by atoms with Gasteiger partial charge in [0.1, 0.15) is 0 Å². The van der Waals surface area contributed by atoms with Crippen LogP contribution in [0.3, 0.4) is 0 Å². The quantitative estimate of drug-likeness (QED) is 0.105. The fourth-order valence-electron chi connectivity index (χ4n) is 4.73. The van der Waals surface area contributed by atoms with Gasteiger partial charge in [0, 0.05) is 32.8 Å². The predicted octanol–water partition coefficient (Wildman–Crippen LogP) is 9.55. The molecule has 0 atom stereocenters. The minimum atomic E-state index is -0.541. The zero-order chi connectivity index (χ0) is 32.0. The Morgan fingerprint density at radius 2 is 1.32 bits per heavy atom. The topological polar surface area (TPSA) is 127 Å². The Balaban J connectivity index is 0.000000479. The van der Waals surface area contributed by atoms with E-state index in [0.717, 1.165) is 10.0 Å². The number of carbonyl (C=O) groups excluding carboxylic acids is 1. The second-order valence-electron chi connectivity index (χ2n) is 9.60. The van der Waals surface area contributed by atoms with Crippen molar-refractivity contribution in [2.75, 3.05) is 0 Å². The smallest absolute Gasteiger partial charge is 0.285 e. The molecule has 0 unspecified atom stereocenters. The molecule has 0 aliphatic rings. The Labute approximate surface area is 263 Å². The van der Waals surface area contributed by atoms with E-state index in [1.54, 1.807) is 79.7 Å². The van der Waals surface area contributed by atoms with Crippen LogP contribution in [0, 0.1) is 45.4 Å². The maximum absolute atomic E-state index is 13.6. The number of rotatable bonds is 6. The summed E-state index contributed by atoms with van der Waals surface area (Å²) in [6, 6.07) is 29.7. The highest BCUT2D eigenvalue weighted by atomic mass is 35.5. The van der Waals surface area contributed by atoms with Gasteiger partial charge in [0.2, 0.25) is 0 Å². The fraction of sp³-hybridized carbons (Fsp3) is 0.0588. The highest BCUT2D eigenvalue weighted by molar-refractivity contribution is 6.32. The predicted molar refractivity (Wildman–Crippen MR) is 171 cm³/mol. The Bertz CT molecular complexity index is 1900. The molecule has 0 spiro atoms. The fourth-order valence-corrected chi connectivity index (χ4v) is 4.99. The van der Waals surface area contributed by atoms with Crippen LogP contribution in [-0.2, 0) is 0 Å². The lowest BCUT2D eigenvalue weighted by Crippen LogP contribution is -2.09. The maximum Gasteiger partial charge on any atom is 0.285 e. The van der Waals surface area contributed by atoms with Crippen molar-refractivity contribution >= 4 is 40.4 Å². The molecule has 8 nitrogen and oxygen atoms in total. The number of nitro groups is 2. The summed E-state index contributed by atoms with van der Waals surface area (Å²) < 4.78 is 0. The first-order chi connectivity index (χ1) is 21.0. The molecule has 0 bridgehead atoms. The van der Waals surface area contributed by atoms with Crippen molar-refractivity contribution in [2.24, 2.45) is 0 Å². The number of ketones is 1. The molecule has 0 amide bonds. The summed E-state index contributed by atoms with van der Waals surface area (Å²) in [6.07, 6.45) is 0. The van der Waals surface area contributed by atoms with Crippen molar-refractivity contribution in [3.63, 3.8) is 0 Å². The van der Waals surface area contributed by atoms with Crippen molar-refractivity contribution in [3.8, 4) is 28.3 Å². The summed E-state index contributed by atoms with van der Waals surface area (Å²) in [7, 11) is 0. The number of benzene rings is 5. The molecular formula is C34H23Cl2N3O5. The number of nitrogens with zero attached hydrogens (tertiary/aromatic N) is 3. The average Bonchev–Trinajstić information content (AvgIpc) is 3.03. The standard InChI is InChI=1S/C28H19N3O5.C6H4Cl2/c1-17-22(9-6-10-25(17)30(33)34)26-18(2)23(28(32)21-7-4-3-5-8-21)15-24(27(26)31(35)36)20-13-11-19(16-29)12-14-20;7-5-1-2-6(8)4-3-5/h3-15H,1-2H3;1-4H. The van der Waals surface area contributed by atoms with E-state index >= 15 is 0 Å². The Hall–Kier alpha value is -5.36. The molecule has 0 radical (unpaired) electrons. The summed E-state index contributed by atoms with van der Waals surface area (Å²) in [6.45, 7) is 3.14. The molecule has 0 saturated carbocycles. The van der Waals surface area contributed by atoms with Crippen molar-refractivity contribution < 1.29 is 14.6 Å². The van der Waals surface area contributed by atoms with Crippen LogP contribution in [0.5, 0.6) is 0 Å². The first kappa shape index (κ1) is 31.6. The van der Waals surface area contributed by atoms with Crippen LogP contribution in [0.25, 0.3) is 22.3 Å². The third-order valence-electron chi connectivity index (χ3n) is 6.92. The van der Waals surface area contributed by atoms with Crippen LogP contribution < -0.4 is 0 Å². The third-order valence-corrected chi connectivity index (χ3v) is 7.43. The molecule has 0 aliphatic carbocycles. The minimum absolute atomic E-state index is 0.141. The summed E-state index contributed by atoms with van der Waals surface area (Å²) in [5, 5.41) is 34.7. The molecule has 0 heterocycles. The van der Waals surface area contributed by atoms with Crippen molar-refractivity contribution in [2.45, 2.75) is 13.8 Å². The average molecular weight is 624 g/mol. The summed E-state index contributed by atoms with van der Waals surface area (Å²) >= 11 is 11.1. The number of halogens is 2. The van der Waals surface area contributed by atoms with Crippen LogP contribution in [-0.4, -0.2) is 15.6 Å². The van der Waals surface area contributed by atoms with Gasteiger partial charge in [-0.15, -0.1) is 0 Å². The zero-order valence-corrected chi connectivity index (χ0v) is 25.0. The van der Waals surface area contributed by atoms with Crippen LogP contribution in [0.1, 0.15) is 32.6 Å². The Morgan fingerprint density at radius 1 is 0.727 bits per heavy atom. The number of carbonyl (C=O) groups is 1. The zero-order valence-electron chi connectivity index (χ0n) is 23.5. The highest BCUT2D eigenvalue weighted by Crippen LogP contribution is 2.45. The van der Waals surface area contributed by atoms with Crippen molar-refractivity contribution in [3.05, 3.63) is 161 Å². The van der Waals surface area contributed by atoms with Crippen LogP contribution in [0.15, 0.2) is 103 Å². The summed E-state index contributed by atoms with van der Waals surface area (Å²) in [5.41, 5.74) is 2.22. The van der Waals surface area contributed by atoms with Gasteiger partial charge in [0.15, 0.2) is 5.78 Å². The lowest BCUT2D eigenvalue weighted by atomic mass is 9.85. The molecular weight excluding hydrogens is 601 g/mol. The second kappa shape index (κ2) is 13.7. The molecule has 0 saturated heterocycles. The van der Waals surface area contributed by atoms with E-state index in [1.165, 1.54) is 37.3 Å². The van der Waals surface area contributed by atoms with E-state index in [4.69, 9.17) is 28.5 Å². The molecule has 5 aromatic carbocycles. The lowest BCUT2D eigenvalue weighted by Gasteiger charge is -2.17. The Kier molecular flexibility index (Phi) is 9.86. The molecule has 0 N–H and O–H groups in total. The van der Waals surface area contributed by atoms with Crippen molar-refractivity contribution in [1.29, 1.82) is 5.26 Å². The van der Waals surface area contributed by atoms with Crippen LogP contribution in [0.2, 0.25) is 10.0 Å². The van der Waals surface area contributed by atoms with Gasteiger partial charge in [-0.1, -0.05) is 77.8 Å². The van der Waals surface area contributed by atoms with Crippen LogP contribution in [0.4, 0.5) is 11.4 Å². The highest BCUT2D eigenvalue weighted by Gasteiger charge is 2.31. The SMILES string of the molecule is Cc1c(-c2c(C)c(C(=O)c3ccccc3)cc(-c3ccc(C#N)cc3)c2[N+](=O)[O-])cccc1[N+](=O)[O-].Clc1ccc(Cl)cc1. The second-order valence-corrected chi connectivity index (χ2v) is 10.5. The molecule has 218 valence electrons. The van der Waals surface area contributed by atoms with Gasteiger partial charge < -0.3 is 0 Å². The first-order valence-corrected chi connectivity index (χ1v) is 13.9. The van der Waals surface area contributed by atoms with E-state index in [-0.39, 0.29) is 39.4 Å². The molecule has 0 aliphatic heterocycles. The molecule has 0 aromatic heterocycles. The number of nitro benzene ring substituents is 2. The maximum atomic E-state index is 13.6. The first-order valence-electron chi connectivity index (χ1n) is 13.1. The monoisotopic (exact) mass is 623 g/mol. The normalized spacial score (nSPS) is 10.2. The summed E-state index contributed by atoms with van der Waals surface area (Å²) in [4.78, 5) is 36.6. The van der Waals surface area contributed by atoms with E-state index in [1.807, 2.05) is 6.07 Å². The van der Waals surface area contributed by atoms with Gasteiger partial charge in [-0.3, -0.25) is 25.0 Å². The Morgan fingerprint density at radius 3 is 1.84 bits per heavy atom. The number of hydrogen-bond donors (Lipinski definition) is 0. The van der Waals surface area contributed by atoms with Gasteiger partial charge >= 0.3 is 0 Å². The van der Waals surface area contributed by atoms with E-state index in [9.17, 15) is 25.0 Å². The molecule has 0 fully saturated rings. The summed E-state index contributed by atoms with van der Waals surface area (Å²) in [5.74, 6) is -0.331. The van der Waals surface area contributed by atoms with Gasteiger partial charge in [0.25, 0.3) is 11.4 Å². The molecule has 5 aromatic rings. The van der Waals surface area contributed by atoms with E-state index in [0.29, 0.717) is 27.8 Å². The number of hydrogen-bond acceptors (Lipinski definition) is 6. The van der Waals surface area contributed by atoms with Gasteiger partial charge in [0.05, 0.1) is 32.6 Å². The third kappa shape index (κ3) is 6.81. The van der Waals surface area contributed by atoms with Gasteiger partial charge in [-0.25, -0.2) is 0 Å². The van der Waals surface area contributed by atoms with Crippen molar-refractivity contribution in [1.82, 2.24) is 0 Å².